The lowest BCUT2D eigenvalue weighted by atomic mass is 10.0. The first-order chi connectivity index (χ1) is 14.1. The van der Waals surface area contributed by atoms with Crippen LogP contribution in [0.15, 0.2) is 47.5 Å². The van der Waals surface area contributed by atoms with Crippen LogP contribution in [0.25, 0.3) is 0 Å². The van der Waals surface area contributed by atoms with Crippen LogP contribution in [-0.2, 0) is 17.6 Å². The highest BCUT2D eigenvalue weighted by Gasteiger charge is 2.21. The molecule has 1 heterocycles. The van der Waals surface area contributed by atoms with Gasteiger partial charge in [-0.05, 0) is 49.4 Å². The number of carbonyl (C=O) groups excluding carboxylic acids is 1. The van der Waals surface area contributed by atoms with Crippen molar-refractivity contribution in [3.63, 3.8) is 0 Å². The molecule has 0 radical (unpaired) electrons. The summed E-state index contributed by atoms with van der Waals surface area (Å²) in [6, 6.07) is 14.3. The Bertz CT molecular complexity index is 879. The van der Waals surface area contributed by atoms with Crippen LogP contribution in [0.1, 0.15) is 23.1 Å². The molecule has 0 aromatic heterocycles. The Morgan fingerprint density at radius 3 is 2.83 bits per heavy atom. The van der Waals surface area contributed by atoms with Crippen LogP contribution in [0, 0.1) is 6.92 Å². The number of hydrogen-bond acceptors (Lipinski definition) is 3. The molecule has 0 atom stereocenters. The Hall–Kier alpha value is -3.02. The van der Waals surface area contributed by atoms with Gasteiger partial charge in [-0.25, -0.2) is 0 Å². The van der Waals surface area contributed by atoms with Crippen LogP contribution < -0.4 is 20.3 Å². The van der Waals surface area contributed by atoms with Crippen molar-refractivity contribution in [3.05, 3.63) is 59.2 Å². The van der Waals surface area contributed by atoms with Crippen molar-refractivity contribution in [2.75, 3.05) is 38.7 Å². The largest absolute Gasteiger partial charge is 0.496 e. The maximum absolute atomic E-state index is 12.8. The number of hydrogen-bond donors (Lipinski definition) is 2. The maximum Gasteiger partial charge on any atom is 0.246 e. The lowest BCUT2D eigenvalue weighted by molar-refractivity contribution is -0.117. The summed E-state index contributed by atoms with van der Waals surface area (Å²) in [4.78, 5) is 18.9. The first-order valence-corrected chi connectivity index (χ1v) is 10.1. The molecule has 2 N–H and O–H groups in total. The van der Waals surface area contributed by atoms with Crippen molar-refractivity contribution in [2.24, 2.45) is 4.99 Å². The zero-order chi connectivity index (χ0) is 20.6. The summed E-state index contributed by atoms with van der Waals surface area (Å²) in [5, 5.41) is 6.42. The molecule has 0 saturated heterocycles. The van der Waals surface area contributed by atoms with E-state index in [9.17, 15) is 4.79 Å². The summed E-state index contributed by atoms with van der Waals surface area (Å²) in [6.07, 6.45) is 2.83. The predicted molar refractivity (Wildman–Crippen MR) is 118 cm³/mol. The van der Waals surface area contributed by atoms with Gasteiger partial charge in [-0.2, -0.15) is 0 Å². The van der Waals surface area contributed by atoms with E-state index in [0.29, 0.717) is 12.5 Å². The third kappa shape index (κ3) is 5.28. The number of amides is 1. The normalized spacial score (nSPS) is 13.6. The number of para-hydroxylation sites is 1. The number of carbonyl (C=O) groups is 1. The predicted octanol–water partition coefficient (Wildman–Crippen LogP) is 2.69. The molecular formula is C23H30N4O2. The maximum atomic E-state index is 12.8. The molecule has 0 fully saturated rings. The molecule has 1 amide bonds. The second kappa shape index (κ2) is 9.96. The Morgan fingerprint density at radius 2 is 2.03 bits per heavy atom. The van der Waals surface area contributed by atoms with Crippen LogP contribution in [0.2, 0.25) is 0 Å². The van der Waals surface area contributed by atoms with E-state index in [0.717, 1.165) is 42.8 Å². The number of aliphatic imine (C=N–C) groups is 1. The van der Waals surface area contributed by atoms with Crippen molar-refractivity contribution in [3.8, 4) is 5.75 Å². The number of anilines is 1. The highest BCUT2D eigenvalue weighted by molar-refractivity contribution is 5.98. The Balaban J connectivity index is 1.51. The van der Waals surface area contributed by atoms with Crippen LogP contribution in [0.4, 0.5) is 5.69 Å². The molecule has 0 bridgehead atoms. The fraction of sp³-hybridized carbons (Fsp3) is 0.391. The highest BCUT2D eigenvalue weighted by Crippen LogP contribution is 2.26. The zero-order valence-electron chi connectivity index (χ0n) is 17.5. The molecule has 1 aliphatic rings. The SMILES string of the molecule is CN=C(NCCc1cc(C)ccc1OC)NCC(=O)N1CCCc2ccccc21. The third-order valence-electron chi connectivity index (χ3n) is 5.16. The molecule has 0 unspecified atom stereocenters. The monoisotopic (exact) mass is 394 g/mol. The number of nitrogens with one attached hydrogen (secondary N) is 2. The molecule has 0 aliphatic carbocycles. The van der Waals surface area contributed by atoms with E-state index in [4.69, 9.17) is 4.74 Å². The van der Waals surface area contributed by atoms with E-state index in [1.807, 2.05) is 35.2 Å². The second-order valence-corrected chi connectivity index (χ2v) is 7.20. The van der Waals surface area contributed by atoms with Gasteiger partial charge in [0.25, 0.3) is 0 Å². The third-order valence-corrected chi connectivity index (χ3v) is 5.16. The van der Waals surface area contributed by atoms with Crippen molar-refractivity contribution >= 4 is 17.6 Å². The Kier molecular flexibility index (Phi) is 7.11. The smallest absolute Gasteiger partial charge is 0.246 e. The van der Waals surface area contributed by atoms with Gasteiger partial charge in [-0.15, -0.1) is 0 Å². The molecule has 0 spiro atoms. The van der Waals surface area contributed by atoms with E-state index >= 15 is 0 Å². The van der Waals surface area contributed by atoms with E-state index in [-0.39, 0.29) is 12.5 Å². The molecule has 2 aromatic carbocycles. The second-order valence-electron chi connectivity index (χ2n) is 7.20. The summed E-state index contributed by atoms with van der Waals surface area (Å²) >= 11 is 0. The van der Waals surface area contributed by atoms with Gasteiger partial charge in [-0.1, -0.05) is 35.9 Å². The van der Waals surface area contributed by atoms with Gasteiger partial charge >= 0.3 is 0 Å². The first kappa shape index (κ1) is 20.7. The van der Waals surface area contributed by atoms with E-state index in [2.05, 4.69) is 34.7 Å². The van der Waals surface area contributed by atoms with Gasteiger partial charge in [0.2, 0.25) is 5.91 Å². The van der Waals surface area contributed by atoms with Crippen molar-refractivity contribution in [1.82, 2.24) is 10.6 Å². The Labute approximate surface area is 173 Å². The molecule has 29 heavy (non-hydrogen) atoms. The van der Waals surface area contributed by atoms with Crippen LogP contribution in [0.5, 0.6) is 5.75 Å². The summed E-state index contributed by atoms with van der Waals surface area (Å²) in [5.74, 6) is 1.56. The number of rotatable bonds is 6. The zero-order valence-corrected chi connectivity index (χ0v) is 17.5. The molecule has 6 heteroatoms. The first-order valence-electron chi connectivity index (χ1n) is 10.1. The quantitative estimate of drug-likeness (QED) is 0.584. The average molecular weight is 395 g/mol. The Morgan fingerprint density at radius 1 is 1.21 bits per heavy atom. The standard InChI is InChI=1S/C23H30N4O2/c1-17-10-11-21(29-3)19(15-17)12-13-25-23(24-2)26-16-22(28)27-14-6-8-18-7-4-5-9-20(18)27/h4-5,7,9-11,15H,6,8,12-14,16H2,1-3H3,(H2,24,25,26). The highest BCUT2D eigenvalue weighted by atomic mass is 16.5. The number of methoxy groups -OCH3 is 1. The molecule has 0 saturated carbocycles. The number of benzene rings is 2. The van der Waals surface area contributed by atoms with Crippen LogP contribution in [-0.4, -0.2) is 45.7 Å². The average Bonchev–Trinajstić information content (AvgIpc) is 2.75. The fourth-order valence-electron chi connectivity index (χ4n) is 3.69. The molecule has 2 aromatic rings. The number of nitrogens with zero attached hydrogens (tertiary/aromatic N) is 2. The molecule has 1 aliphatic heterocycles. The van der Waals surface area contributed by atoms with Gasteiger partial charge in [0, 0.05) is 25.8 Å². The summed E-state index contributed by atoms with van der Waals surface area (Å²) in [5.41, 5.74) is 4.62. The number of guanidine groups is 1. The molecule has 154 valence electrons. The molecule has 6 nitrogen and oxygen atoms in total. The van der Waals surface area contributed by atoms with Gasteiger partial charge in [0.05, 0.1) is 13.7 Å². The number of aryl methyl sites for hydroxylation is 2. The number of fused-ring (bicyclic) bond motifs is 1. The van der Waals surface area contributed by atoms with Gasteiger partial charge < -0.3 is 20.3 Å². The minimum atomic E-state index is 0.0560. The van der Waals surface area contributed by atoms with Crippen molar-refractivity contribution in [2.45, 2.75) is 26.2 Å². The fourth-order valence-corrected chi connectivity index (χ4v) is 3.69. The lowest BCUT2D eigenvalue weighted by Gasteiger charge is -2.29. The van der Waals surface area contributed by atoms with Gasteiger partial charge in [0.1, 0.15) is 5.75 Å². The van der Waals surface area contributed by atoms with E-state index < -0.39 is 0 Å². The van der Waals surface area contributed by atoms with E-state index in [1.165, 1.54) is 11.1 Å². The van der Waals surface area contributed by atoms with Crippen molar-refractivity contribution < 1.29 is 9.53 Å². The molecule has 3 rings (SSSR count). The van der Waals surface area contributed by atoms with Gasteiger partial charge in [-0.3, -0.25) is 9.79 Å². The summed E-state index contributed by atoms with van der Waals surface area (Å²) in [6.45, 7) is 3.74. The summed E-state index contributed by atoms with van der Waals surface area (Å²) in [7, 11) is 3.40. The van der Waals surface area contributed by atoms with Crippen LogP contribution >= 0.6 is 0 Å². The molecular weight excluding hydrogens is 364 g/mol. The minimum Gasteiger partial charge on any atom is -0.496 e. The lowest BCUT2D eigenvalue weighted by Crippen LogP contribution is -2.46. The minimum absolute atomic E-state index is 0.0560. The number of ether oxygens (including phenoxy) is 1. The topological polar surface area (TPSA) is 66.0 Å². The summed E-state index contributed by atoms with van der Waals surface area (Å²) < 4.78 is 5.44. The van der Waals surface area contributed by atoms with Crippen LogP contribution in [0.3, 0.4) is 0 Å². The van der Waals surface area contributed by atoms with E-state index in [1.54, 1.807) is 14.2 Å². The van der Waals surface area contributed by atoms with Gasteiger partial charge in [0.15, 0.2) is 5.96 Å². The van der Waals surface area contributed by atoms with Crippen molar-refractivity contribution in [1.29, 1.82) is 0 Å².